The zero-order valence-electron chi connectivity index (χ0n) is 8.95. The van der Waals surface area contributed by atoms with Crippen molar-refractivity contribution in [2.45, 2.75) is 32.1 Å². The molecule has 1 saturated heterocycles. The Balaban J connectivity index is 2.14. The maximum atomic E-state index is 4.56. The number of aromatic nitrogens is 3. The highest BCUT2D eigenvalue weighted by molar-refractivity contribution is 5.01. The van der Waals surface area contributed by atoms with Crippen LogP contribution in [0.1, 0.15) is 37.3 Å². The van der Waals surface area contributed by atoms with Gasteiger partial charge >= 0.3 is 0 Å². The number of nitrogens with one attached hydrogen (secondary N) is 1. The van der Waals surface area contributed by atoms with Gasteiger partial charge in [0.2, 0.25) is 0 Å². The predicted molar refractivity (Wildman–Crippen MR) is 55.2 cm³/mol. The van der Waals surface area contributed by atoms with Crippen molar-refractivity contribution in [2.24, 2.45) is 7.05 Å². The fraction of sp³-hybridized carbons (Fsp3) is 0.800. The van der Waals surface area contributed by atoms with Gasteiger partial charge < -0.3 is 5.32 Å². The molecule has 1 fully saturated rings. The van der Waals surface area contributed by atoms with E-state index in [1.165, 1.54) is 12.8 Å². The van der Waals surface area contributed by atoms with Crippen LogP contribution in [0, 0.1) is 0 Å². The summed E-state index contributed by atoms with van der Waals surface area (Å²) in [4.78, 5) is 4.56. The summed E-state index contributed by atoms with van der Waals surface area (Å²) in [6.45, 7) is 4.30. The average molecular weight is 194 g/mol. The van der Waals surface area contributed by atoms with Gasteiger partial charge in [0.1, 0.15) is 5.82 Å². The van der Waals surface area contributed by atoms with Crippen LogP contribution >= 0.6 is 0 Å². The highest BCUT2D eigenvalue weighted by atomic mass is 15.3. The third-order valence-corrected chi connectivity index (χ3v) is 2.85. The molecule has 1 atom stereocenters. The Morgan fingerprint density at radius 1 is 1.57 bits per heavy atom. The van der Waals surface area contributed by atoms with Gasteiger partial charge in [0.15, 0.2) is 5.82 Å². The van der Waals surface area contributed by atoms with Crippen molar-refractivity contribution in [3.8, 4) is 0 Å². The molecule has 4 heteroatoms. The standard InChI is InChI=1S/C10H18N4/c1-3-9-12-10(13-14(9)2)8-5-4-6-11-7-8/h8,11H,3-7H2,1-2H3. The summed E-state index contributed by atoms with van der Waals surface area (Å²) >= 11 is 0. The summed E-state index contributed by atoms with van der Waals surface area (Å²) in [6, 6.07) is 0. The lowest BCUT2D eigenvalue weighted by atomic mass is 9.99. The third kappa shape index (κ3) is 1.80. The highest BCUT2D eigenvalue weighted by Gasteiger charge is 2.19. The largest absolute Gasteiger partial charge is 0.316 e. The van der Waals surface area contributed by atoms with E-state index in [0.717, 1.165) is 31.2 Å². The molecule has 14 heavy (non-hydrogen) atoms. The topological polar surface area (TPSA) is 42.7 Å². The molecule has 1 aliphatic heterocycles. The number of hydrogen-bond donors (Lipinski definition) is 1. The second-order valence-electron chi connectivity index (χ2n) is 3.91. The number of hydrogen-bond acceptors (Lipinski definition) is 3. The molecule has 0 aliphatic carbocycles. The molecule has 1 unspecified atom stereocenters. The van der Waals surface area contributed by atoms with Crippen LogP contribution in [-0.4, -0.2) is 27.9 Å². The van der Waals surface area contributed by atoms with Gasteiger partial charge in [-0.1, -0.05) is 6.92 Å². The molecule has 0 spiro atoms. The first-order chi connectivity index (χ1) is 6.81. The molecular formula is C10H18N4. The van der Waals surface area contributed by atoms with Crippen LogP contribution in [0.2, 0.25) is 0 Å². The molecule has 0 saturated carbocycles. The minimum Gasteiger partial charge on any atom is -0.316 e. The van der Waals surface area contributed by atoms with Crippen LogP contribution in [0.3, 0.4) is 0 Å². The molecule has 1 aromatic rings. The zero-order valence-corrected chi connectivity index (χ0v) is 8.95. The van der Waals surface area contributed by atoms with Gasteiger partial charge in [-0.3, -0.25) is 4.68 Å². The molecule has 1 aromatic heterocycles. The Hall–Kier alpha value is -0.900. The van der Waals surface area contributed by atoms with Crippen molar-refractivity contribution >= 4 is 0 Å². The maximum Gasteiger partial charge on any atom is 0.155 e. The Morgan fingerprint density at radius 2 is 2.43 bits per heavy atom. The van der Waals surface area contributed by atoms with Crippen LogP contribution in [0.5, 0.6) is 0 Å². The predicted octanol–water partition coefficient (Wildman–Crippen LogP) is 0.844. The molecule has 2 heterocycles. The second-order valence-corrected chi connectivity index (χ2v) is 3.91. The summed E-state index contributed by atoms with van der Waals surface area (Å²) < 4.78 is 1.91. The van der Waals surface area contributed by atoms with Gasteiger partial charge in [0, 0.05) is 25.9 Å². The van der Waals surface area contributed by atoms with Gasteiger partial charge in [-0.2, -0.15) is 5.10 Å². The molecule has 1 aliphatic rings. The van der Waals surface area contributed by atoms with Crippen molar-refractivity contribution in [3.05, 3.63) is 11.6 Å². The van der Waals surface area contributed by atoms with E-state index in [1.807, 2.05) is 11.7 Å². The van der Waals surface area contributed by atoms with E-state index in [-0.39, 0.29) is 0 Å². The van der Waals surface area contributed by atoms with Crippen molar-refractivity contribution in [3.63, 3.8) is 0 Å². The molecule has 4 nitrogen and oxygen atoms in total. The third-order valence-electron chi connectivity index (χ3n) is 2.85. The monoisotopic (exact) mass is 194 g/mol. The van der Waals surface area contributed by atoms with E-state index in [4.69, 9.17) is 0 Å². The smallest absolute Gasteiger partial charge is 0.155 e. The second kappa shape index (κ2) is 4.09. The zero-order chi connectivity index (χ0) is 9.97. The number of nitrogens with zero attached hydrogens (tertiary/aromatic N) is 3. The molecule has 0 aromatic carbocycles. The SMILES string of the molecule is CCc1nc(C2CCCNC2)nn1C. The first-order valence-electron chi connectivity index (χ1n) is 5.41. The van der Waals surface area contributed by atoms with Gasteiger partial charge in [0.05, 0.1) is 0 Å². The number of rotatable bonds is 2. The first-order valence-corrected chi connectivity index (χ1v) is 5.41. The lowest BCUT2D eigenvalue weighted by molar-refractivity contribution is 0.445. The Morgan fingerprint density at radius 3 is 3.00 bits per heavy atom. The molecule has 0 bridgehead atoms. The lowest BCUT2D eigenvalue weighted by Crippen LogP contribution is -2.29. The fourth-order valence-corrected chi connectivity index (χ4v) is 1.99. The van der Waals surface area contributed by atoms with Crippen LogP contribution in [0.4, 0.5) is 0 Å². The normalized spacial score (nSPS) is 22.6. The number of piperidine rings is 1. The summed E-state index contributed by atoms with van der Waals surface area (Å²) in [5.74, 6) is 2.64. The molecular weight excluding hydrogens is 176 g/mol. The van der Waals surface area contributed by atoms with E-state index in [2.05, 4.69) is 22.3 Å². The Labute approximate surface area is 84.7 Å². The molecule has 0 radical (unpaired) electrons. The van der Waals surface area contributed by atoms with E-state index in [0.29, 0.717) is 5.92 Å². The van der Waals surface area contributed by atoms with Gasteiger partial charge in [-0.05, 0) is 19.4 Å². The first kappa shape index (κ1) is 9.65. The fourth-order valence-electron chi connectivity index (χ4n) is 1.99. The summed E-state index contributed by atoms with van der Waals surface area (Å²) in [6.07, 6.45) is 3.42. The van der Waals surface area contributed by atoms with Crippen molar-refractivity contribution in [2.75, 3.05) is 13.1 Å². The Kier molecular flexibility index (Phi) is 2.82. The number of aryl methyl sites for hydroxylation is 2. The molecule has 78 valence electrons. The lowest BCUT2D eigenvalue weighted by Gasteiger charge is -2.19. The van der Waals surface area contributed by atoms with E-state index >= 15 is 0 Å². The molecule has 1 N–H and O–H groups in total. The van der Waals surface area contributed by atoms with Gasteiger partial charge in [0.25, 0.3) is 0 Å². The maximum absolute atomic E-state index is 4.56. The van der Waals surface area contributed by atoms with E-state index < -0.39 is 0 Å². The molecule has 2 rings (SSSR count). The van der Waals surface area contributed by atoms with Crippen molar-refractivity contribution in [1.82, 2.24) is 20.1 Å². The average Bonchev–Trinajstić information content (AvgIpc) is 2.61. The highest BCUT2D eigenvalue weighted by Crippen LogP contribution is 2.20. The van der Waals surface area contributed by atoms with E-state index in [9.17, 15) is 0 Å². The summed E-state index contributed by atoms with van der Waals surface area (Å²) in [5, 5.41) is 7.86. The van der Waals surface area contributed by atoms with Crippen LogP contribution in [0.15, 0.2) is 0 Å². The minimum atomic E-state index is 0.523. The Bertz CT molecular complexity index is 299. The molecule has 0 amide bonds. The van der Waals surface area contributed by atoms with Crippen molar-refractivity contribution < 1.29 is 0 Å². The van der Waals surface area contributed by atoms with E-state index in [1.54, 1.807) is 0 Å². The van der Waals surface area contributed by atoms with Crippen LogP contribution in [-0.2, 0) is 13.5 Å². The minimum absolute atomic E-state index is 0.523. The van der Waals surface area contributed by atoms with Gasteiger partial charge in [-0.15, -0.1) is 0 Å². The quantitative estimate of drug-likeness (QED) is 0.759. The van der Waals surface area contributed by atoms with Crippen LogP contribution in [0.25, 0.3) is 0 Å². The van der Waals surface area contributed by atoms with Crippen molar-refractivity contribution in [1.29, 1.82) is 0 Å². The summed E-state index contributed by atoms with van der Waals surface area (Å²) in [5.41, 5.74) is 0. The summed E-state index contributed by atoms with van der Waals surface area (Å²) in [7, 11) is 1.98. The van der Waals surface area contributed by atoms with Crippen LogP contribution < -0.4 is 5.32 Å². The van der Waals surface area contributed by atoms with Gasteiger partial charge in [-0.25, -0.2) is 4.98 Å².